The number of hydrogen-bond donors (Lipinski definition) is 0. The van der Waals surface area contributed by atoms with Crippen LogP contribution in [0.1, 0.15) is 5.56 Å². The molecule has 0 aliphatic heterocycles. The highest BCUT2D eigenvalue weighted by molar-refractivity contribution is 5.61. The Morgan fingerprint density at radius 1 is 0.944 bits per heavy atom. The van der Waals surface area contributed by atoms with Crippen molar-refractivity contribution >= 4 is 0 Å². The third-order valence-corrected chi connectivity index (χ3v) is 2.83. The summed E-state index contributed by atoms with van der Waals surface area (Å²) in [5.41, 5.74) is 3.36. The van der Waals surface area contributed by atoms with Crippen molar-refractivity contribution in [1.29, 1.82) is 0 Å². The van der Waals surface area contributed by atoms with Crippen LogP contribution in [0.15, 0.2) is 60.9 Å². The maximum Gasteiger partial charge on any atom is 0.154 e. The van der Waals surface area contributed by atoms with E-state index in [2.05, 4.69) is 29.1 Å². The van der Waals surface area contributed by atoms with Gasteiger partial charge in [0.25, 0.3) is 0 Å². The first kappa shape index (κ1) is 10.7. The first-order valence-corrected chi connectivity index (χ1v) is 5.87. The van der Waals surface area contributed by atoms with Crippen molar-refractivity contribution in [3.05, 3.63) is 66.5 Å². The molecule has 0 saturated carbocycles. The molecule has 3 rings (SSSR count). The molecule has 2 heterocycles. The fourth-order valence-electron chi connectivity index (χ4n) is 1.95. The van der Waals surface area contributed by atoms with Gasteiger partial charge in [0.2, 0.25) is 0 Å². The Morgan fingerprint density at radius 2 is 1.78 bits per heavy atom. The van der Waals surface area contributed by atoms with Gasteiger partial charge in [-0.25, -0.2) is 9.67 Å². The molecule has 0 atom stereocenters. The van der Waals surface area contributed by atoms with Gasteiger partial charge in [0.05, 0.1) is 11.9 Å². The molecule has 3 nitrogen and oxygen atoms in total. The predicted molar refractivity (Wildman–Crippen MR) is 71.5 cm³/mol. The van der Waals surface area contributed by atoms with Crippen LogP contribution in [0.5, 0.6) is 0 Å². The van der Waals surface area contributed by atoms with E-state index < -0.39 is 0 Å². The molecule has 0 amide bonds. The number of rotatable bonds is 2. The lowest BCUT2D eigenvalue weighted by molar-refractivity contribution is 0.852. The number of aryl methyl sites for hydroxylation is 1. The van der Waals surface area contributed by atoms with E-state index in [-0.39, 0.29) is 0 Å². The minimum atomic E-state index is 0.846. The molecule has 18 heavy (non-hydrogen) atoms. The summed E-state index contributed by atoms with van der Waals surface area (Å²) in [7, 11) is 0. The SMILES string of the molecule is Cc1ccnc(-n2nccc2-c2ccccc2)c1. The third-order valence-electron chi connectivity index (χ3n) is 2.83. The minimum absolute atomic E-state index is 0.846. The number of pyridine rings is 1. The first-order chi connectivity index (χ1) is 8.84. The summed E-state index contributed by atoms with van der Waals surface area (Å²) in [6.45, 7) is 2.05. The van der Waals surface area contributed by atoms with E-state index in [9.17, 15) is 0 Å². The third kappa shape index (κ3) is 1.91. The van der Waals surface area contributed by atoms with E-state index in [1.54, 1.807) is 12.4 Å². The maximum atomic E-state index is 4.37. The molecule has 0 bridgehead atoms. The van der Waals surface area contributed by atoms with Crippen molar-refractivity contribution in [2.24, 2.45) is 0 Å². The van der Waals surface area contributed by atoms with Gasteiger partial charge in [0.1, 0.15) is 0 Å². The standard InChI is InChI=1S/C15H13N3/c1-12-7-9-16-15(11-12)18-14(8-10-17-18)13-5-3-2-4-6-13/h2-11H,1H3. The van der Waals surface area contributed by atoms with Crippen molar-refractivity contribution in [2.45, 2.75) is 6.92 Å². The number of benzene rings is 1. The Morgan fingerprint density at radius 3 is 2.56 bits per heavy atom. The van der Waals surface area contributed by atoms with Crippen LogP contribution in [0, 0.1) is 6.92 Å². The Balaban J connectivity index is 2.13. The van der Waals surface area contributed by atoms with Gasteiger partial charge in [-0.2, -0.15) is 5.10 Å². The van der Waals surface area contributed by atoms with E-state index in [4.69, 9.17) is 0 Å². The normalized spacial score (nSPS) is 10.5. The molecule has 0 unspecified atom stereocenters. The van der Waals surface area contributed by atoms with Crippen molar-refractivity contribution in [2.75, 3.05) is 0 Å². The average Bonchev–Trinajstić information content (AvgIpc) is 2.89. The summed E-state index contributed by atoms with van der Waals surface area (Å²) in [4.78, 5) is 4.37. The highest BCUT2D eigenvalue weighted by atomic mass is 15.3. The van der Waals surface area contributed by atoms with Crippen LogP contribution < -0.4 is 0 Å². The van der Waals surface area contributed by atoms with Gasteiger partial charge in [-0.15, -0.1) is 0 Å². The number of aromatic nitrogens is 3. The van der Waals surface area contributed by atoms with Crippen LogP contribution in [0.25, 0.3) is 17.1 Å². The Kier molecular flexibility index (Phi) is 2.65. The minimum Gasteiger partial charge on any atom is -0.237 e. The largest absolute Gasteiger partial charge is 0.237 e. The van der Waals surface area contributed by atoms with E-state index >= 15 is 0 Å². The molecule has 0 radical (unpaired) electrons. The van der Waals surface area contributed by atoms with Crippen LogP contribution in [0.2, 0.25) is 0 Å². The fourth-order valence-corrected chi connectivity index (χ4v) is 1.95. The van der Waals surface area contributed by atoms with E-state index in [0.717, 1.165) is 17.1 Å². The molecule has 0 aliphatic carbocycles. The highest BCUT2D eigenvalue weighted by Gasteiger charge is 2.07. The molecule has 0 N–H and O–H groups in total. The van der Waals surface area contributed by atoms with Crippen molar-refractivity contribution in [3.8, 4) is 17.1 Å². The van der Waals surface area contributed by atoms with E-state index in [0.29, 0.717) is 0 Å². The van der Waals surface area contributed by atoms with Gasteiger partial charge < -0.3 is 0 Å². The summed E-state index contributed by atoms with van der Waals surface area (Å²) < 4.78 is 1.86. The predicted octanol–water partition coefficient (Wildman–Crippen LogP) is 3.24. The quantitative estimate of drug-likeness (QED) is 0.682. The van der Waals surface area contributed by atoms with Gasteiger partial charge in [0.15, 0.2) is 5.82 Å². The molecule has 0 saturated heterocycles. The molecule has 3 aromatic rings. The fraction of sp³-hybridized carbons (Fsp3) is 0.0667. The van der Waals surface area contributed by atoms with Crippen LogP contribution in [-0.2, 0) is 0 Å². The molecule has 1 aromatic carbocycles. The molecular weight excluding hydrogens is 222 g/mol. The molecule has 3 heteroatoms. The zero-order valence-electron chi connectivity index (χ0n) is 10.1. The lowest BCUT2D eigenvalue weighted by atomic mass is 10.1. The smallest absolute Gasteiger partial charge is 0.154 e. The van der Waals surface area contributed by atoms with Crippen LogP contribution in [0.4, 0.5) is 0 Å². The molecule has 0 spiro atoms. The zero-order valence-corrected chi connectivity index (χ0v) is 10.1. The summed E-state index contributed by atoms with van der Waals surface area (Å²) in [5, 5.41) is 4.36. The van der Waals surface area contributed by atoms with Crippen molar-refractivity contribution in [1.82, 2.24) is 14.8 Å². The lowest BCUT2D eigenvalue weighted by Crippen LogP contribution is -2.01. The van der Waals surface area contributed by atoms with Crippen LogP contribution in [-0.4, -0.2) is 14.8 Å². The van der Waals surface area contributed by atoms with Crippen LogP contribution in [0.3, 0.4) is 0 Å². The lowest BCUT2D eigenvalue weighted by Gasteiger charge is -2.07. The van der Waals surface area contributed by atoms with Gasteiger partial charge in [-0.1, -0.05) is 30.3 Å². The Bertz CT molecular complexity index is 656. The second-order valence-corrected chi connectivity index (χ2v) is 4.19. The summed E-state index contributed by atoms with van der Waals surface area (Å²) >= 11 is 0. The van der Waals surface area contributed by atoms with Crippen molar-refractivity contribution < 1.29 is 0 Å². The molecular formula is C15H13N3. The summed E-state index contributed by atoms with van der Waals surface area (Å²) in [5.74, 6) is 0.846. The van der Waals surface area contributed by atoms with Crippen molar-refractivity contribution in [3.63, 3.8) is 0 Å². The molecule has 2 aromatic heterocycles. The molecule has 0 fully saturated rings. The van der Waals surface area contributed by atoms with E-state index in [1.807, 2.05) is 41.1 Å². The second-order valence-electron chi connectivity index (χ2n) is 4.19. The first-order valence-electron chi connectivity index (χ1n) is 5.87. The number of nitrogens with zero attached hydrogens (tertiary/aromatic N) is 3. The van der Waals surface area contributed by atoms with Gasteiger partial charge in [0, 0.05) is 11.8 Å². The molecule has 88 valence electrons. The van der Waals surface area contributed by atoms with Crippen LogP contribution >= 0.6 is 0 Å². The Hall–Kier alpha value is -2.42. The topological polar surface area (TPSA) is 30.7 Å². The Labute approximate surface area is 106 Å². The van der Waals surface area contributed by atoms with Gasteiger partial charge in [-0.3, -0.25) is 0 Å². The van der Waals surface area contributed by atoms with E-state index in [1.165, 1.54) is 5.56 Å². The summed E-state index contributed by atoms with van der Waals surface area (Å²) in [6, 6.07) is 16.2. The monoisotopic (exact) mass is 235 g/mol. The maximum absolute atomic E-state index is 4.37. The van der Waals surface area contributed by atoms with Gasteiger partial charge >= 0.3 is 0 Å². The number of hydrogen-bond acceptors (Lipinski definition) is 2. The average molecular weight is 235 g/mol. The highest BCUT2D eigenvalue weighted by Crippen LogP contribution is 2.21. The zero-order chi connectivity index (χ0) is 12.4. The summed E-state index contributed by atoms with van der Waals surface area (Å²) in [6.07, 6.45) is 3.60. The molecule has 0 aliphatic rings. The second kappa shape index (κ2) is 4.45. The van der Waals surface area contributed by atoms with Gasteiger partial charge in [-0.05, 0) is 30.7 Å².